The number of anilines is 1. The van der Waals surface area contributed by atoms with Crippen molar-refractivity contribution >= 4 is 17.7 Å². The average molecular weight is 333 g/mol. The van der Waals surface area contributed by atoms with Crippen LogP contribution in [0.4, 0.5) is 5.69 Å². The van der Waals surface area contributed by atoms with Crippen molar-refractivity contribution in [2.75, 3.05) is 19.0 Å². The molecule has 0 unspecified atom stereocenters. The first kappa shape index (κ1) is 15.3. The summed E-state index contributed by atoms with van der Waals surface area (Å²) >= 11 is 1.47. The highest BCUT2D eigenvalue weighted by molar-refractivity contribution is 7.95. The summed E-state index contributed by atoms with van der Waals surface area (Å²) in [7, 11) is 4.12. The molecular weight excluding hydrogens is 314 g/mol. The molecule has 3 aromatic carbocycles. The van der Waals surface area contributed by atoms with Gasteiger partial charge < -0.3 is 4.90 Å². The smallest absolute Gasteiger partial charge is 0.159 e. The molecule has 4 rings (SSSR count). The number of benzene rings is 3. The summed E-state index contributed by atoms with van der Waals surface area (Å²) in [4.78, 5) is 3.29. The Balaban J connectivity index is 1.96. The Bertz CT molecular complexity index is 807. The summed E-state index contributed by atoms with van der Waals surface area (Å²) in [6, 6.07) is 27.5. The van der Waals surface area contributed by atoms with E-state index in [1.807, 2.05) is 12.1 Å². The van der Waals surface area contributed by atoms with E-state index in [4.69, 9.17) is 4.18 Å². The third-order valence-electron chi connectivity index (χ3n) is 4.48. The molecule has 24 heavy (non-hydrogen) atoms. The van der Waals surface area contributed by atoms with Gasteiger partial charge in [0.1, 0.15) is 0 Å². The number of hydrogen-bond acceptors (Lipinski definition) is 3. The lowest BCUT2D eigenvalue weighted by molar-refractivity contribution is 0.205. The van der Waals surface area contributed by atoms with Crippen molar-refractivity contribution in [1.82, 2.24) is 0 Å². The van der Waals surface area contributed by atoms with Crippen LogP contribution in [0.3, 0.4) is 0 Å². The standard InChI is InChI=1S/C21H19NOS/c1-22(2)18-13-14-19-20(15-18)24-23-21(19,16-9-5-3-6-10-16)17-11-7-4-8-12-17/h3-15H,1-2H3. The normalized spacial score (nSPS) is 15.1. The van der Waals surface area contributed by atoms with Gasteiger partial charge in [0.15, 0.2) is 5.60 Å². The minimum Gasteiger partial charge on any atom is -0.378 e. The van der Waals surface area contributed by atoms with Crippen LogP contribution in [-0.2, 0) is 9.78 Å². The van der Waals surface area contributed by atoms with Gasteiger partial charge in [0, 0.05) is 42.3 Å². The van der Waals surface area contributed by atoms with Crippen molar-refractivity contribution in [1.29, 1.82) is 0 Å². The van der Waals surface area contributed by atoms with E-state index in [0.717, 1.165) is 11.1 Å². The minimum absolute atomic E-state index is 0.562. The summed E-state index contributed by atoms with van der Waals surface area (Å²) in [5.74, 6) is 0. The molecule has 0 atom stereocenters. The van der Waals surface area contributed by atoms with Gasteiger partial charge in [-0.3, -0.25) is 4.18 Å². The molecular formula is C21H19NOS. The quantitative estimate of drug-likeness (QED) is 0.620. The summed E-state index contributed by atoms with van der Waals surface area (Å²) < 4.78 is 6.42. The van der Waals surface area contributed by atoms with Crippen LogP contribution >= 0.6 is 12.0 Å². The minimum atomic E-state index is -0.562. The molecule has 3 aromatic rings. The van der Waals surface area contributed by atoms with Gasteiger partial charge >= 0.3 is 0 Å². The van der Waals surface area contributed by atoms with E-state index in [9.17, 15) is 0 Å². The Kier molecular flexibility index (Phi) is 3.83. The van der Waals surface area contributed by atoms with E-state index in [1.54, 1.807) is 0 Å². The molecule has 1 aliphatic heterocycles. The average Bonchev–Trinajstić information content (AvgIpc) is 3.03. The maximum atomic E-state index is 6.42. The lowest BCUT2D eigenvalue weighted by Gasteiger charge is -2.30. The summed E-state index contributed by atoms with van der Waals surface area (Å²) in [6.45, 7) is 0. The Hall–Kier alpha value is -2.23. The molecule has 0 fully saturated rings. The van der Waals surface area contributed by atoms with Crippen LogP contribution in [0, 0.1) is 0 Å². The van der Waals surface area contributed by atoms with Crippen molar-refractivity contribution in [2.24, 2.45) is 0 Å². The van der Waals surface area contributed by atoms with E-state index in [2.05, 4.69) is 85.7 Å². The fourth-order valence-corrected chi connectivity index (χ4v) is 4.19. The predicted molar refractivity (Wildman–Crippen MR) is 100 cm³/mol. The summed E-state index contributed by atoms with van der Waals surface area (Å²) in [6.07, 6.45) is 0. The molecule has 0 N–H and O–H groups in total. The van der Waals surface area contributed by atoms with Gasteiger partial charge in [0.2, 0.25) is 0 Å². The molecule has 0 amide bonds. The van der Waals surface area contributed by atoms with E-state index < -0.39 is 5.60 Å². The van der Waals surface area contributed by atoms with Crippen LogP contribution in [0.5, 0.6) is 0 Å². The zero-order valence-corrected chi connectivity index (χ0v) is 14.6. The second kappa shape index (κ2) is 6.00. The SMILES string of the molecule is CN(C)c1ccc2c(c1)SOC2(c1ccccc1)c1ccccc1. The monoisotopic (exact) mass is 333 g/mol. The van der Waals surface area contributed by atoms with Crippen molar-refractivity contribution < 1.29 is 4.18 Å². The molecule has 120 valence electrons. The van der Waals surface area contributed by atoms with Crippen LogP contribution in [0.25, 0.3) is 0 Å². The lowest BCUT2D eigenvalue weighted by Crippen LogP contribution is -2.27. The molecule has 0 radical (unpaired) electrons. The third-order valence-corrected chi connectivity index (χ3v) is 5.33. The maximum absolute atomic E-state index is 6.42. The Morgan fingerprint density at radius 2 is 1.38 bits per heavy atom. The van der Waals surface area contributed by atoms with Crippen molar-refractivity contribution in [3.05, 3.63) is 95.6 Å². The van der Waals surface area contributed by atoms with Crippen LogP contribution < -0.4 is 4.90 Å². The highest BCUT2D eigenvalue weighted by Gasteiger charge is 2.44. The second-order valence-corrected chi connectivity index (χ2v) is 6.93. The zero-order valence-electron chi connectivity index (χ0n) is 13.8. The van der Waals surface area contributed by atoms with E-state index in [1.165, 1.54) is 28.2 Å². The van der Waals surface area contributed by atoms with Gasteiger partial charge in [-0.15, -0.1) is 0 Å². The van der Waals surface area contributed by atoms with Crippen molar-refractivity contribution in [2.45, 2.75) is 10.5 Å². The fourth-order valence-electron chi connectivity index (χ4n) is 3.22. The first-order chi connectivity index (χ1) is 11.7. The van der Waals surface area contributed by atoms with Gasteiger partial charge in [-0.05, 0) is 23.3 Å². The van der Waals surface area contributed by atoms with Crippen LogP contribution in [-0.4, -0.2) is 14.1 Å². The molecule has 1 heterocycles. The number of fused-ring (bicyclic) bond motifs is 1. The Morgan fingerprint density at radius 1 is 0.792 bits per heavy atom. The highest BCUT2D eigenvalue weighted by Crippen LogP contribution is 2.53. The van der Waals surface area contributed by atoms with Crippen LogP contribution in [0.1, 0.15) is 16.7 Å². The third kappa shape index (κ3) is 2.32. The molecule has 0 spiro atoms. The molecule has 2 nitrogen and oxygen atoms in total. The molecule has 3 heteroatoms. The second-order valence-electron chi connectivity index (χ2n) is 6.15. The lowest BCUT2D eigenvalue weighted by atomic mass is 9.80. The number of rotatable bonds is 3. The van der Waals surface area contributed by atoms with Crippen molar-refractivity contribution in [3.8, 4) is 0 Å². The van der Waals surface area contributed by atoms with Crippen molar-refractivity contribution in [3.63, 3.8) is 0 Å². The zero-order chi connectivity index (χ0) is 16.6. The number of nitrogens with zero attached hydrogens (tertiary/aromatic N) is 1. The fraction of sp³-hybridized carbons (Fsp3) is 0.143. The van der Waals surface area contributed by atoms with Gasteiger partial charge in [-0.1, -0.05) is 66.7 Å². The van der Waals surface area contributed by atoms with E-state index in [-0.39, 0.29) is 0 Å². The van der Waals surface area contributed by atoms with Gasteiger partial charge in [-0.2, -0.15) is 0 Å². The molecule has 0 saturated carbocycles. The topological polar surface area (TPSA) is 12.5 Å². The number of hydrogen-bond donors (Lipinski definition) is 0. The van der Waals surface area contributed by atoms with E-state index >= 15 is 0 Å². The largest absolute Gasteiger partial charge is 0.378 e. The molecule has 0 aliphatic carbocycles. The first-order valence-electron chi connectivity index (χ1n) is 8.00. The Morgan fingerprint density at radius 3 is 1.92 bits per heavy atom. The van der Waals surface area contributed by atoms with Gasteiger partial charge in [0.05, 0.1) is 0 Å². The van der Waals surface area contributed by atoms with Crippen LogP contribution in [0.15, 0.2) is 83.8 Å². The van der Waals surface area contributed by atoms with Gasteiger partial charge in [-0.25, -0.2) is 0 Å². The summed E-state index contributed by atoms with van der Waals surface area (Å²) in [5.41, 5.74) is 4.13. The van der Waals surface area contributed by atoms with Gasteiger partial charge in [0.25, 0.3) is 0 Å². The molecule has 0 bridgehead atoms. The maximum Gasteiger partial charge on any atom is 0.159 e. The van der Waals surface area contributed by atoms with E-state index in [0.29, 0.717) is 0 Å². The predicted octanol–water partition coefficient (Wildman–Crippen LogP) is 5.08. The first-order valence-corrected chi connectivity index (χ1v) is 8.74. The summed E-state index contributed by atoms with van der Waals surface area (Å²) in [5, 5.41) is 0. The molecule has 1 aliphatic rings. The van der Waals surface area contributed by atoms with Crippen LogP contribution in [0.2, 0.25) is 0 Å². The Labute approximate surface area is 147 Å². The molecule has 0 aromatic heterocycles. The molecule has 0 saturated heterocycles. The highest BCUT2D eigenvalue weighted by atomic mass is 32.2.